The molecule has 1 aromatic carbocycles. The zero-order valence-corrected chi connectivity index (χ0v) is 11.9. The molecule has 0 unspecified atom stereocenters. The highest BCUT2D eigenvalue weighted by molar-refractivity contribution is 6.01. The average Bonchev–Trinajstić information content (AvgIpc) is 2.36. The molecule has 0 bridgehead atoms. The highest BCUT2D eigenvalue weighted by Crippen LogP contribution is 2.29. The second-order valence-electron chi connectivity index (χ2n) is 5.83. The molecule has 0 aliphatic heterocycles. The number of benzene rings is 1. The Morgan fingerprint density at radius 3 is 2.63 bits per heavy atom. The first-order valence-electron chi connectivity index (χ1n) is 6.49. The largest absolute Gasteiger partial charge is 0.313 e. The van der Waals surface area contributed by atoms with E-state index in [1.165, 1.54) is 10.9 Å². The molecule has 2 aromatic rings. The van der Waals surface area contributed by atoms with Crippen molar-refractivity contribution in [1.29, 1.82) is 0 Å². The van der Waals surface area contributed by atoms with Crippen LogP contribution in [0, 0.1) is 0 Å². The molecule has 1 aromatic heterocycles. The molecule has 1 heterocycles. The lowest BCUT2D eigenvalue weighted by Crippen LogP contribution is -2.18. The van der Waals surface area contributed by atoms with Crippen LogP contribution in [-0.2, 0) is 5.41 Å². The number of carbonyl (C=O) groups is 1. The smallest absolute Gasteiger partial charge is 0.176 e. The van der Waals surface area contributed by atoms with Crippen LogP contribution >= 0.6 is 0 Å². The van der Waals surface area contributed by atoms with Gasteiger partial charge in [0.2, 0.25) is 0 Å². The highest BCUT2D eigenvalue weighted by Gasteiger charge is 2.17. The number of pyridine rings is 1. The van der Waals surface area contributed by atoms with Crippen molar-refractivity contribution >= 4 is 16.6 Å². The Morgan fingerprint density at radius 1 is 1.26 bits per heavy atom. The van der Waals surface area contributed by atoms with Crippen LogP contribution in [0.15, 0.2) is 30.6 Å². The van der Waals surface area contributed by atoms with Gasteiger partial charge in [-0.25, -0.2) is 0 Å². The first kappa shape index (κ1) is 13.7. The number of nitrogens with one attached hydrogen (secondary N) is 1. The topological polar surface area (TPSA) is 42.0 Å². The van der Waals surface area contributed by atoms with Crippen LogP contribution in [0.3, 0.4) is 0 Å². The zero-order valence-electron chi connectivity index (χ0n) is 11.9. The van der Waals surface area contributed by atoms with E-state index in [0.29, 0.717) is 6.54 Å². The summed E-state index contributed by atoms with van der Waals surface area (Å²) in [6.45, 7) is 6.87. The minimum absolute atomic E-state index is 0.0447. The SMILES string of the molecule is CNCC(=O)c1ccc2c(C(C)(C)C)cncc2c1. The summed E-state index contributed by atoms with van der Waals surface area (Å²) in [5.74, 6) is 0.102. The van der Waals surface area contributed by atoms with Crippen LogP contribution < -0.4 is 5.32 Å². The first-order valence-corrected chi connectivity index (χ1v) is 6.49. The van der Waals surface area contributed by atoms with Gasteiger partial charge < -0.3 is 5.32 Å². The number of fused-ring (bicyclic) bond motifs is 1. The Morgan fingerprint density at radius 2 is 2.00 bits per heavy atom. The molecule has 0 spiro atoms. The van der Waals surface area contributed by atoms with Crippen LogP contribution in [0.25, 0.3) is 10.8 Å². The number of Topliss-reactive ketones (excluding diaryl/α,β-unsaturated/α-hetero) is 1. The normalized spacial score (nSPS) is 11.8. The van der Waals surface area contributed by atoms with Crippen molar-refractivity contribution in [2.75, 3.05) is 13.6 Å². The Kier molecular flexibility index (Phi) is 3.67. The Balaban J connectivity index is 2.54. The summed E-state index contributed by atoms with van der Waals surface area (Å²) in [6, 6.07) is 5.86. The van der Waals surface area contributed by atoms with E-state index < -0.39 is 0 Å². The number of carbonyl (C=O) groups excluding carboxylic acids is 1. The summed E-state index contributed by atoms with van der Waals surface area (Å²) in [4.78, 5) is 16.2. The Bertz CT molecular complexity index is 612. The van der Waals surface area contributed by atoms with Crippen LogP contribution in [0.1, 0.15) is 36.7 Å². The number of hydrogen-bond donors (Lipinski definition) is 1. The zero-order chi connectivity index (χ0) is 14.0. The first-order chi connectivity index (χ1) is 8.93. The molecule has 0 amide bonds. The number of rotatable bonds is 3. The molecular weight excluding hydrogens is 236 g/mol. The molecule has 100 valence electrons. The lowest BCUT2D eigenvalue weighted by Gasteiger charge is -2.20. The fraction of sp³-hybridized carbons (Fsp3) is 0.375. The quantitative estimate of drug-likeness (QED) is 0.858. The molecule has 0 saturated heterocycles. The maximum absolute atomic E-state index is 11.9. The summed E-state index contributed by atoms with van der Waals surface area (Å²) < 4.78 is 0. The second kappa shape index (κ2) is 5.10. The lowest BCUT2D eigenvalue weighted by molar-refractivity contribution is 0.0993. The Labute approximate surface area is 114 Å². The summed E-state index contributed by atoms with van der Waals surface area (Å²) in [6.07, 6.45) is 3.73. The molecule has 0 atom stereocenters. The van der Waals surface area contributed by atoms with Gasteiger partial charge in [0.15, 0.2) is 5.78 Å². The van der Waals surface area contributed by atoms with Crippen molar-refractivity contribution in [3.63, 3.8) is 0 Å². The molecule has 2 rings (SSSR count). The van der Waals surface area contributed by atoms with E-state index >= 15 is 0 Å². The summed E-state index contributed by atoms with van der Waals surface area (Å²) in [5.41, 5.74) is 1.98. The van der Waals surface area contributed by atoms with Gasteiger partial charge in [-0.05, 0) is 29.5 Å². The van der Waals surface area contributed by atoms with Gasteiger partial charge in [0.05, 0.1) is 6.54 Å². The van der Waals surface area contributed by atoms with Crippen LogP contribution in [0.5, 0.6) is 0 Å². The average molecular weight is 256 g/mol. The van der Waals surface area contributed by atoms with E-state index in [0.717, 1.165) is 10.9 Å². The van der Waals surface area contributed by atoms with Gasteiger partial charge in [0.25, 0.3) is 0 Å². The Hall–Kier alpha value is -1.74. The molecule has 3 nitrogen and oxygen atoms in total. The van der Waals surface area contributed by atoms with Gasteiger partial charge in [0, 0.05) is 23.3 Å². The van der Waals surface area contributed by atoms with Crippen LogP contribution in [-0.4, -0.2) is 24.4 Å². The minimum atomic E-state index is 0.0447. The van der Waals surface area contributed by atoms with Crippen LogP contribution in [0.4, 0.5) is 0 Å². The van der Waals surface area contributed by atoms with E-state index in [9.17, 15) is 4.79 Å². The second-order valence-corrected chi connectivity index (χ2v) is 5.83. The molecule has 0 radical (unpaired) electrons. The van der Waals surface area contributed by atoms with Crippen LogP contribution in [0.2, 0.25) is 0 Å². The maximum atomic E-state index is 11.9. The predicted molar refractivity (Wildman–Crippen MR) is 78.7 cm³/mol. The minimum Gasteiger partial charge on any atom is -0.313 e. The van der Waals surface area contributed by atoms with E-state index in [2.05, 4.69) is 31.1 Å². The summed E-state index contributed by atoms with van der Waals surface area (Å²) in [5, 5.41) is 5.08. The standard InChI is InChI=1S/C16H20N2O/c1-16(2,3)14-9-18-8-12-7-11(5-6-13(12)14)15(19)10-17-4/h5-9,17H,10H2,1-4H3. The molecule has 0 aliphatic carbocycles. The maximum Gasteiger partial charge on any atom is 0.176 e. The van der Waals surface area contributed by atoms with Crippen molar-refractivity contribution in [2.45, 2.75) is 26.2 Å². The van der Waals surface area contributed by atoms with Crippen molar-refractivity contribution in [3.8, 4) is 0 Å². The molecule has 0 aliphatic rings. The van der Waals surface area contributed by atoms with Gasteiger partial charge in [-0.15, -0.1) is 0 Å². The fourth-order valence-electron chi connectivity index (χ4n) is 2.21. The van der Waals surface area contributed by atoms with Gasteiger partial charge in [-0.1, -0.05) is 32.9 Å². The predicted octanol–water partition coefficient (Wildman–Crippen LogP) is 2.93. The monoisotopic (exact) mass is 256 g/mol. The van der Waals surface area contributed by atoms with Gasteiger partial charge in [-0.3, -0.25) is 9.78 Å². The number of ketones is 1. The third-order valence-corrected chi connectivity index (χ3v) is 3.23. The van der Waals surface area contributed by atoms with E-state index in [1.54, 1.807) is 7.05 Å². The number of hydrogen-bond acceptors (Lipinski definition) is 3. The number of likely N-dealkylation sites (N-methyl/N-ethyl adjacent to an activating group) is 1. The van der Waals surface area contributed by atoms with E-state index in [1.807, 2.05) is 30.6 Å². The number of nitrogens with zero attached hydrogens (tertiary/aromatic N) is 1. The van der Waals surface area contributed by atoms with Crippen molar-refractivity contribution in [3.05, 3.63) is 41.7 Å². The molecule has 1 N–H and O–H groups in total. The lowest BCUT2D eigenvalue weighted by atomic mass is 9.85. The molecular formula is C16H20N2O. The van der Waals surface area contributed by atoms with E-state index in [-0.39, 0.29) is 11.2 Å². The van der Waals surface area contributed by atoms with Crippen molar-refractivity contribution in [2.24, 2.45) is 0 Å². The third kappa shape index (κ3) is 2.82. The molecule has 0 fully saturated rings. The molecule has 3 heteroatoms. The van der Waals surface area contributed by atoms with Gasteiger partial charge in [0.1, 0.15) is 0 Å². The van der Waals surface area contributed by atoms with Crippen molar-refractivity contribution in [1.82, 2.24) is 10.3 Å². The number of aromatic nitrogens is 1. The molecule has 19 heavy (non-hydrogen) atoms. The highest BCUT2D eigenvalue weighted by atomic mass is 16.1. The van der Waals surface area contributed by atoms with E-state index in [4.69, 9.17) is 0 Å². The van der Waals surface area contributed by atoms with Crippen molar-refractivity contribution < 1.29 is 4.79 Å². The van der Waals surface area contributed by atoms with Gasteiger partial charge >= 0.3 is 0 Å². The van der Waals surface area contributed by atoms with Gasteiger partial charge in [-0.2, -0.15) is 0 Å². The summed E-state index contributed by atoms with van der Waals surface area (Å²) in [7, 11) is 1.78. The molecule has 0 saturated carbocycles. The third-order valence-electron chi connectivity index (χ3n) is 3.23. The fourth-order valence-corrected chi connectivity index (χ4v) is 2.21. The summed E-state index contributed by atoms with van der Waals surface area (Å²) >= 11 is 0.